The number of hydrogen-bond donors (Lipinski definition) is 2. The quantitative estimate of drug-likeness (QED) is 0.386. The molecular weight excluding hydrogens is 458 g/mol. The van der Waals surface area contributed by atoms with Crippen molar-refractivity contribution in [2.24, 2.45) is 0 Å². The summed E-state index contributed by atoms with van der Waals surface area (Å²) in [5.41, 5.74) is 4.60. The number of anilines is 1. The summed E-state index contributed by atoms with van der Waals surface area (Å²) < 4.78 is 0.900. The molecular formula is C27H29N5O4. The molecule has 9 nitrogen and oxygen atoms in total. The van der Waals surface area contributed by atoms with Crippen molar-refractivity contribution in [1.29, 1.82) is 0 Å². The van der Waals surface area contributed by atoms with Gasteiger partial charge in [-0.25, -0.2) is 4.98 Å². The van der Waals surface area contributed by atoms with Crippen LogP contribution in [0.3, 0.4) is 0 Å². The summed E-state index contributed by atoms with van der Waals surface area (Å²) in [6.07, 6.45) is 3.68. The third-order valence-corrected chi connectivity index (χ3v) is 6.87. The Labute approximate surface area is 208 Å². The van der Waals surface area contributed by atoms with E-state index in [2.05, 4.69) is 46.0 Å². The van der Waals surface area contributed by atoms with Crippen LogP contribution in [0.25, 0.3) is 33.5 Å². The lowest BCUT2D eigenvalue weighted by atomic mass is 10.0. The first-order valence-corrected chi connectivity index (χ1v) is 12.0. The second-order valence-corrected chi connectivity index (χ2v) is 9.30. The van der Waals surface area contributed by atoms with E-state index in [0.717, 1.165) is 58.5 Å². The summed E-state index contributed by atoms with van der Waals surface area (Å²) in [6.45, 7) is 2.07. The number of aliphatic hydroxyl groups excluding tert-OH is 1. The number of hydrogen-bond acceptors (Lipinski definition) is 7. The smallest absolute Gasteiger partial charge is 0.321 e. The molecule has 0 saturated carbocycles. The number of aliphatic hydroxyl groups is 1. The van der Waals surface area contributed by atoms with Gasteiger partial charge in [0.25, 0.3) is 5.56 Å². The lowest BCUT2D eigenvalue weighted by Crippen LogP contribution is -2.41. The monoisotopic (exact) mass is 487 g/mol. The van der Waals surface area contributed by atoms with E-state index in [0.29, 0.717) is 17.4 Å². The number of nitrogens with one attached hydrogen (secondary N) is 1. The van der Waals surface area contributed by atoms with E-state index in [-0.39, 0.29) is 18.6 Å². The first-order valence-electron chi connectivity index (χ1n) is 12.0. The van der Waals surface area contributed by atoms with Crippen LogP contribution < -0.4 is 15.3 Å². The average Bonchev–Trinajstić information content (AvgIpc) is 3.33. The molecule has 186 valence electrons. The number of aromatic nitrogens is 3. The van der Waals surface area contributed by atoms with E-state index < -0.39 is 5.56 Å². The molecule has 1 aliphatic heterocycles. The van der Waals surface area contributed by atoms with E-state index in [1.807, 2.05) is 30.3 Å². The van der Waals surface area contributed by atoms with Gasteiger partial charge in [0.15, 0.2) is 0 Å². The minimum atomic E-state index is -0.505. The van der Waals surface area contributed by atoms with Crippen LogP contribution in [0, 0.1) is 0 Å². The standard InChI is InChI=1S/C27H29N5O4/c1-30(2)21-8-10-31(11-9-21)22-6-7-24-25(14-22)29-26(28-24)23-13-20(15-32(27(23)35)36-17-34)19-5-3-4-18(12-19)16-33/h3-7,12-15,17,21,33H,8-11,16H2,1-2H3,(H,28,29). The van der Waals surface area contributed by atoms with Crippen LogP contribution in [-0.4, -0.2) is 64.4 Å². The Morgan fingerprint density at radius 3 is 2.67 bits per heavy atom. The van der Waals surface area contributed by atoms with Crippen LogP contribution in [0.15, 0.2) is 59.5 Å². The number of imidazole rings is 1. The fraction of sp³-hybridized carbons (Fsp3) is 0.296. The predicted molar refractivity (Wildman–Crippen MR) is 139 cm³/mol. The van der Waals surface area contributed by atoms with Gasteiger partial charge in [-0.2, -0.15) is 0 Å². The highest BCUT2D eigenvalue weighted by molar-refractivity contribution is 5.83. The third kappa shape index (κ3) is 4.62. The van der Waals surface area contributed by atoms with Gasteiger partial charge in [-0.05, 0) is 68.4 Å². The van der Waals surface area contributed by atoms with Crippen LogP contribution in [-0.2, 0) is 11.4 Å². The van der Waals surface area contributed by atoms with Crippen LogP contribution in [0.1, 0.15) is 18.4 Å². The Hall–Kier alpha value is -3.95. The van der Waals surface area contributed by atoms with E-state index in [1.54, 1.807) is 6.07 Å². The molecule has 2 aromatic carbocycles. The normalized spacial score (nSPS) is 14.5. The molecule has 4 aromatic rings. The number of H-pyrrole nitrogens is 1. The van der Waals surface area contributed by atoms with Crippen molar-refractivity contribution in [3.63, 3.8) is 0 Å². The van der Waals surface area contributed by atoms with Gasteiger partial charge in [0, 0.05) is 30.4 Å². The fourth-order valence-electron chi connectivity index (χ4n) is 4.82. The summed E-state index contributed by atoms with van der Waals surface area (Å²) in [5, 5.41) is 9.51. The van der Waals surface area contributed by atoms with Crippen molar-refractivity contribution in [1.82, 2.24) is 19.6 Å². The first kappa shape index (κ1) is 23.8. The molecule has 2 aromatic heterocycles. The second-order valence-electron chi connectivity index (χ2n) is 9.30. The number of aromatic amines is 1. The number of fused-ring (bicyclic) bond motifs is 1. The van der Waals surface area contributed by atoms with Crippen molar-refractivity contribution in [2.45, 2.75) is 25.5 Å². The summed E-state index contributed by atoms with van der Waals surface area (Å²) in [7, 11) is 4.26. The second kappa shape index (κ2) is 9.96. The van der Waals surface area contributed by atoms with Crippen molar-refractivity contribution in [3.05, 3.63) is 70.6 Å². The molecule has 0 radical (unpaired) electrons. The van der Waals surface area contributed by atoms with Gasteiger partial charge in [0.2, 0.25) is 0 Å². The number of carbonyl (C=O) groups excluding carboxylic acids is 1. The molecule has 5 rings (SSSR count). The van der Waals surface area contributed by atoms with Crippen LogP contribution in [0.4, 0.5) is 5.69 Å². The van der Waals surface area contributed by atoms with E-state index in [9.17, 15) is 14.7 Å². The molecule has 0 amide bonds. The van der Waals surface area contributed by atoms with Crippen LogP contribution in [0.5, 0.6) is 0 Å². The molecule has 1 saturated heterocycles. The highest BCUT2D eigenvalue weighted by Crippen LogP contribution is 2.28. The Morgan fingerprint density at radius 1 is 1.14 bits per heavy atom. The summed E-state index contributed by atoms with van der Waals surface area (Å²) in [4.78, 5) is 41.7. The maximum absolute atomic E-state index is 13.1. The van der Waals surface area contributed by atoms with Gasteiger partial charge < -0.3 is 24.7 Å². The highest BCUT2D eigenvalue weighted by Gasteiger charge is 2.21. The first-order chi connectivity index (χ1) is 17.5. The predicted octanol–water partition coefficient (Wildman–Crippen LogP) is 2.67. The lowest BCUT2D eigenvalue weighted by molar-refractivity contribution is -0.129. The Morgan fingerprint density at radius 2 is 1.94 bits per heavy atom. The minimum absolute atomic E-state index is 0.107. The minimum Gasteiger partial charge on any atom is -0.392 e. The van der Waals surface area contributed by atoms with Crippen molar-refractivity contribution in [3.8, 4) is 22.5 Å². The summed E-state index contributed by atoms with van der Waals surface area (Å²) in [5.74, 6) is 0.391. The topological polar surface area (TPSA) is 104 Å². The van der Waals surface area contributed by atoms with Gasteiger partial charge in [0.1, 0.15) is 5.82 Å². The van der Waals surface area contributed by atoms with Crippen LogP contribution >= 0.6 is 0 Å². The number of benzene rings is 2. The molecule has 1 aliphatic rings. The number of piperidine rings is 1. The molecule has 0 aliphatic carbocycles. The Kier molecular flexibility index (Phi) is 6.58. The molecule has 2 N–H and O–H groups in total. The van der Waals surface area contributed by atoms with Crippen LogP contribution in [0.2, 0.25) is 0 Å². The number of carbonyl (C=O) groups is 1. The van der Waals surface area contributed by atoms with Crippen molar-refractivity contribution < 1.29 is 14.7 Å². The molecule has 1 fully saturated rings. The Bertz CT molecular complexity index is 1450. The molecule has 3 heterocycles. The maximum Gasteiger partial charge on any atom is 0.321 e. The molecule has 36 heavy (non-hydrogen) atoms. The number of rotatable bonds is 7. The highest BCUT2D eigenvalue weighted by atomic mass is 16.7. The van der Waals surface area contributed by atoms with Crippen molar-refractivity contribution in [2.75, 3.05) is 32.1 Å². The molecule has 9 heteroatoms. The van der Waals surface area contributed by atoms with Gasteiger partial charge in [-0.1, -0.05) is 18.2 Å². The van der Waals surface area contributed by atoms with Gasteiger partial charge >= 0.3 is 6.47 Å². The maximum atomic E-state index is 13.1. The molecule has 0 spiro atoms. The fourth-order valence-corrected chi connectivity index (χ4v) is 4.82. The zero-order chi connectivity index (χ0) is 25.2. The molecule has 0 bridgehead atoms. The summed E-state index contributed by atoms with van der Waals surface area (Å²) >= 11 is 0. The van der Waals surface area contributed by atoms with E-state index >= 15 is 0 Å². The van der Waals surface area contributed by atoms with Gasteiger partial charge in [-0.15, -0.1) is 4.73 Å². The summed E-state index contributed by atoms with van der Waals surface area (Å²) in [6, 6.07) is 15.7. The zero-order valence-electron chi connectivity index (χ0n) is 20.3. The number of nitrogens with zero attached hydrogens (tertiary/aromatic N) is 4. The van der Waals surface area contributed by atoms with Gasteiger partial charge in [-0.3, -0.25) is 9.59 Å². The number of pyridine rings is 1. The largest absolute Gasteiger partial charge is 0.392 e. The van der Waals surface area contributed by atoms with E-state index in [1.165, 1.54) is 6.20 Å². The SMILES string of the molecule is CN(C)C1CCN(c2ccc3nc(-c4cc(-c5cccc(CO)c5)cn(OC=O)c4=O)[nH]c3c2)CC1. The van der Waals surface area contributed by atoms with E-state index in [4.69, 9.17) is 4.84 Å². The zero-order valence-corrected chi connectivity index (χ0v) is 20.3. The Balaban J connectivity index is 1.52. The van der Waals surface area contributed by atoms with Crippen molar-refractivity contribution >= 4 is 23.2 Å². The molecule has 0 atom stereocenters. The average molecular weight is 488 g/mol. The lowest BCUT2D eigenvalue weighted by Gasteiger charge is -2.36. The van der Waals surface area contributed by atoms with Gasteiger partial charge in [0.05, 0.1) is 29.4 Å². The third-order valence-electron chi connectivity index (χ3n) is 6.87. The molecule has 0 unspecified atom stereocenters.